The maximum absolute atomic E-state index is 12.2. The predicted molar refractivity (Wildman–Crippen MR) is 88.2 cm³/mol. The third-order valence-electron chi connectivity index (χ3n) is 4.47. The summed E-state index contributed by atoms with van der Waals surface area (Å²) in [6.07, 6.45) is 5.08. The first-order valence-corrected chi connectivity index (χ1v) is 8.37. The van der Waals surface area contributed by atoms with Gasteiger partial charge in [0.25, 0.3) is 0 Å². The molecule has 1 amide bonds. The largest absolute Gasteiger partial charge is 0.377 e. The minimum absolute atomic E-state index is 0.105. The summed E-state index contributed by atoms with van der Waals surface area (Å²) in [4.78, 5) is 12.2. The van der Waals surface area contributed by atoms with Gasteiger partial charge in [-0.1, -0.05) is 37.1 Å². The molecule has 0 radical (unpaired) electrons. The van der Waals surface area contributed by atoms with Gasteiger partial charge >= 0.3 is 0 Å². The average molecular weight is 304 g/mol. The second kappa shape index (κ2) is 8.91. The van der Waals surface area contributed by atoms with E-state index in [2.05, 4.69) is 5.32 Å². The Labute approximate surface area is 133 Å². The Balaban J connectivity index is 1.83. The number of carbonyl (C=O) groups excluding carboxylic acids is 1. The first kappa shape index (κ1) is 17.0. The van der Waals surface area contributed by atoms with E-state index in [1.165, 1.54) is 12.8 Å². The zero-order chi connectivity index (χ0) is 15.8. The van der Waals surface area contributed by atoms with Crippen LogP contribution >= 0.6 is 0 Å². The van der Waals surface area contributed by atoms with Crippen molar-refractivity contribution in [2.24, 2.45) is 11.7 Å². The number of nitrogens with one attached hydrogen (secondary N) is 1. The van der Waals surface area contributed by atoms with Gasteiger partial charge in [0.2, 0.25) is 5.91 Å². The molecule has 0 bridgehead atoms. The van der Waals surface area contributed by atoms with Gasteiger partial charge in [0.15, 0.2) is 0 Å². The van der Waals surface area contributed by atoms with Gasteiger partial charge in [-0.2, -0.15) is 0 Å². The Hall–Kier alpha value is -1.39. The van der Waals surface area contributed by atoms with Crippen molar-refractivity contribution in [1.29, 1.82) is 0 Å². The summed E-state index contributed by atoms with van der Waals surface area (Å²) in [5.74, 6) is 0.445. The highest BCUT2D eigenvalue weighted by Gasteiger charge is 2.23. The number of rotatable bonds is 7. The summed E-state index contributed by atoms with van der Waals surface area (Å²) in [6, 6.07) is 8.27. The van der Waals surface area contributed by atoms with Crippen LogP contribution in [0.4, 0.5) is 0 Å². The molecule has 1 aliphatic carbocycles. The fraction of sp³-hybridized carbons (Fsp3) is 0.611. The summed E-state index contributed by atoms with van der Waals surface area (Å²) in [6.45, 7) is 3.83. The number of benzene rings is 1. The third-order valence-corrected chi connectivity index (χ3v) is 4.47. The van der Waals surface area contributed by atoms with Crippen molar-refractivity contribution in [1.82, 2.24) is 5.32 Å². The minimum Gasteiger partial charge on any atom is -0.377 e. The van der Waals surface area contributed by atoms with Gasteiger partial charge < -0.3 is 15.8 Å². The summed E-state index contributed by atoms with van der Waals surface area (Å²) in [5, 5.41) is 3.03. The maximum Gasteiger partial charge on any atom is 0.220 e. The van der Waals surface area contributed by atoms with Crippen molar-refractivity contribution in [2.45, 2.75) is 58.2 Å². The average Bonchev–Trinajstić information content (AvgIpc) is 2.54. The highest BCUT2D eigenvalue weighted by molar-refractivity contribution is 5.76. The molecule has 1 aliphatic rings. The van der Waals surface area contributed by atoms with Crippen LogP contribution in [0.25, 0.3) is 0 Å². The fourth-order valence-electron chi connectivity index (χ4n) is 3.08. The van der Waals surface area contributed by atoms with E-state index in [0.717, 1.165) is 24.0 Å². The molecular weight excluding hydrogens is 276 g/mol. The molecule has 0 aliphatic heterocycles. The second-order valence-electron chi connectivity index (χ2n) is 6.10. The highest BCUT2D eigenvalue weighted by atomic mass is 16.5. The molecule has 122 valence electrons. The molecule has 0 spiro atoms. The maximum atomic E-state index is 12.2. The first-order valence-electron chi connectivity index (χ1n) is 8.37. The lowest BCUT2D eigenvalue weighted by atomic mass is 9.83. The van der Waals surface area contributed by atoms with Crippen molar-refractivity contribution in [3.63, 3.8) is 0 Å². The van der Waals surface area contributed by atoms with Crippen LogP contribution in [0.2, 0.25) is 0 Å². The summed E-state index contributed by atoms with van der Waals surface area (Å²) >= 11 is 0. The number of ether oxygens (including phenoxy) is 1. The minimum atomic E-state index is 0.105. The number of nitrogens with two attached hydrogens (primary N) is 1. The zero-order valence-electron chi connectivity index (χ0n) is 13.5. The van der Waals surface area contributed by atoms with Crippen LogP contribution in [-0.2, 0) is 22.7 Å². The van der Waals surface area contributed by atoms with E-state index in [1.807, 2.05) is 31.2 Å². The van der Waals surface area contributed by atoms with E-state index in [0.29, 0.717) is 32.1 Å². The molecular formula is C18H28N2O2. The number of hydrogen-bond donors (Lipinski definition) is 2. The molecule has 0 aromatic heterocycles. The predicted octanol–water partition coefficient (Wildman–Crippen LogP) is 2.75. The van der Waals surface area contributed by atoms with Crippen molar-refractivity contribution in [3.8, 4) is 0 Å². The zero-order valence-corrected chi connectivity index (χ0v) is 13.5. The standard InChI is InChI=1S/C18H28N2O2/c1-2-22-13-16-9-4-3-8-15(16)12-20-18(21)11-14-7-5-6-10-17(14)19/h3-4,8-9,14,17H,2,5-7,10-13,19H2,1H3,(H,20,21). The van der Waals surface area contributed by atoms with E-state index in [4.69, 9.17) is 10.5 Å². The molecule has 3 N–H and O–H groups in total. The molecule has 0 heterocycles. The van der Waals surface area contributed by atoms with Gasteiger partial charge in [0.1, 0.15) is 0 Å². The second-order valence-corrected chi connectivity index (χ2v) is 6.10. The number of hydrogen-bond acceptors (Lipinski definition) is 3. The molecule has 2 atom stereocenters. The fourth-order valence-corrected chi connectivity index (χ4v) is 3.08. The Morgan fingerprint density at radius 3 is 2.73 bits per heavy atom. The van der Waals surface area contributed by atoms with Crippen LogP contribution in [0, 0.1) is 5.92 Å². The topological polar surface area (TPSA) is 64.3 Å². The molecule has 1 aromatic rings. The SMILES string of the molecule is CCOCc1ccccc1CNC(=O)CC1CCCCC1N. The summed E-state index contributed by atoms with van der Waals surface area (Å²) < 4.78 is 5.47. The van der Waals surface area contributed by atoms with E-state index in [-0.39, 0.29) is 11.9 Å². The molecule has 2 unspecified atom stereocenters. The van der Waals surface area contributed by atoms with Crippen molar-refractivity contribution in [2.75, 3.05) is 6.61 Å². The first-order chi connectivity index (χ1) is 10.7. The number of amides is 1. The van der Waals surface area contributed by atoms with Crippen molar-refractivity contribution in [3.05, 3.63) is 35.4 Å². The quantitative estimate of drug-likeness (QED) is 0.814. The van der Waals surface area contributed by atoms with Crippen LogP contribution in [0.5, 0.6) is 0 Å². The molecule has 0 saturated heterocycles. The number of carbonyl (C=O) groups is 1. The molecule has 1 aromatic carbocycles. The van der Waals surface area contributed by atoms with Crippen molar-refractivity contribution >= 4 is 5.91 Å². The monoisotopic (exact) mass is 304 g/mol. The molecule has 4 nitrogen and oxygen atoms in total. The summed E-state index contributed by atoms with van der Waals surface area (Å²) in [5.41, 5.74) is 8.38. The normalized spacial score (nSPS) is 21.5. The Morgan fingerprint density at radius 1 is 1.27 bits per heavy atom. The highest BCUT2D eigenvalue weighted by Crippen LogP contribution is 2.25. The van der Waals surface area contributed by atoms with Crippen LogP contribution in [0.3, 0.4) is 0 Å². The lowest BCUT2D eigenvalue weighted by molar-refractivity contribution is -0.122. The van der Waals surface area contributed by atoms with E-state index in [1.54, 1.807) is 0 Å². The Morgan fingerprint density at radius 2 is 2.00 bits per heavy atom. The van der Waals surface area contributed by atoms with E-state index >= 15 is 0 Å². The van der Waals surface area contributed by atoms with Gasteiger partial charge in [-0.3, -0.25) is 4.79 Å². The van der Waals surface area contributed by atoms with E-state index < -0.39 is 0 Å². The summed E-state index contributed by atoms with van der Waals surface area (Å²) in [7, 11) is 0. The lowest BCUT2D eigenvalue weighted by Crippen LogP contribution is -2.37. The third kappa shape index (κ3) is 5.11. The lowest BCUT2D eigenvalue weighted by Gasteiger charge is -2.28. The van der Waals surface area contributed by atoms with Gasteiger partial charge in [-0.25, -0.2) is 0 Å². The Kier molecular flexibility index (Phi) is 6.87. The smallest absolute Gasteiger partial charge is 0.220 e. The molecule has 4 heteroatoms. The molecule has 1 fully saturated rings. The van der Waals surface area contributed by atoms with E-state index in [9.17, 15) is 4.79 Å². The Bertz CT molecular complexity index is 476. The van der Waals surface area contributed by atoms with Gasteiger partial charge in [0, 0.05) is 25.6 Å². The van der Waals surface area contributed by atoms with Crippen LogP contribution < -0.4 is 11.1 Å². The molecule has 2 rings (SSSR count). The van der Waals surface area contributed by atoms with Crippen LogP contribution in [0.15, 0.2) is 24.3 Å². The van der Waals surface area contributed by atoms with Crippen LogP contribution in [-0.4, -0.2) is 18.6 Å². The van der Waals surface area contributed by atoms with Gasteiger partial charge in [-0.05, 0) is 36.8 Å². The van der Waals surface area contributed by atoms with Crippen molar-refractivity contribution < 1.29 is 9.53 Å². The van der Waals surface area contributed by atoms with Gasteiger partial charge in [0.05, 0.1) is 6.61 Å². The molecule has 22 heavy (non-hydrogen) atoms. The molecule has 1 saturated carbocycles. The van der Waals surface area contributed by atoms with Crippen LogP contribution in [0.1, 0.15) is 50.2 Å². The van der Waals surface area contributed by atoms with Gasteiger partial charge in [-0.15, -0.1) is 0 Å².